The predicted octanol–water partition coefficient (Wildman–Crippen LogP) is 4.03. The lowest BCUT2D eigenvalue weighted by molar-refractivity contribution is -0.130. The second-order valence-electron chi connectivity index (χ2n) is 5.79. The highest BCUT2D eigenvalue weighted by molar-refractivity contribution is 6.36. The lowest BCUT2D eigenvalue weighted by Gasteiger charge is -2.19. The van der Waals surface area contributed by atoms with E-state index in [4.69, 9.17) is 23.2 Å². The molecular formula is C17H17Cl2NO. The zero-order valence-electron chi connectivity index (χ0n) is 11.9. The van der Waals surface area contributed by atoms with E-state index < -0.39 is 4.87 Å². The molecule has 1 heterocycles. The van der Waals surface area contributed by atoms with Crippen LogP contribution in [0.2, 0.25) is 0 Å². The summed E-state index contributed by atoms with van der Waals surface area (Å²) < 4.78 is 0. The smallest absolute Gasteiger partial charge is 0.244 e. The van der Waals surface area contributed by atoms with Crippen molar-refractivity contribution in [2.45, 2.75) is 18.3 Å². The number of hydrogen-bond acceptors (Lipinski definition) is 1. The third kappa shape index (κ3) is 2.63. The van der Waals surface area contributed by atoms with E-state index in [1.54, 1.807) is 6.92 Å². The van der Waals surface area contributed by atoms with Crippen molar-refractivity contribution < 1.29 is 4.79 Å². The first-order valence-electron chi connectivity index (χ1n) is 7.04. The van der Waals surface area contributed by atoms with E-state index in [1.807, 2.05) is 17.0 Å². The Labute approximate surface area is 134 Å². The summed E-state index contributed by atoms with van der Waals surface area (Å²) in [7, 11) is 0. The second-order valence-corrected chi connectivity index (χ2v) is 6.89. The average Bonchev–Trinajstić information content (AvgIpc) is 2.70. The highest BCUT2D eigenvalue weighted by Crippen LogP contribution is 2.36. The fourth-order valence-electron chi connectivity index (χ4n) is 2.89. The number of fused-ring (bicyclic) bond motifs is 1. The van der Waals surface area contributed by atoms with Gasteiger partial charge in [-0.15, -0.1) is 23.2 Å². The molecule has 110 valence electrons. The minimum absolute atomic E-state index is 0.00575. The summed E-state index contributed by atoms with van der Waals surface area (Å²) in [5.74, 6) is 0.372. The zero-order chi connectivity index (χ0) is 15.0. The van der Waals surface area contributed by atoms with Crippen LogP contribution in [0, 0.1) is 5.92 Å². The second kappa shape index (κ2) is 5.51. The molecule has 2 aromatic carbocycles. The van der Waals surface area contributed by atoms with Crippen molar-refractivity contribution >= 4 is 39.9 Å². The molecule has 0 saturated carbocycles. The number of alkyl halides is 2. The molecule has 2 nitrogen and oxygen atoms in total. The first kappa shape index (κ1) is 14.7. The fourth-order valence-corrected chi connectivity index (χ4v) is 3.64. The van der Waals surface area contributed by atoms with Crippen molar-refractivity contribution in [2.75, 3.05) is 12.4 Å². The number of rotatable bonds is 3. The van der Waals surface area contributed by atoms with Crippen LogP contribution in [-0.4, -0.2) is 28.1 Å². The van der Waals surface area contributed by atoms with Gasteiger partial charge in [-0.1, -0.05) is 36.4 Å². The van der Waals surface area contributed by atoms with Crippen LogP contribution in [0.1, 0.15) is 12.5 Å². The van der Waals surface area contributed by atoms with E-state index in [0.717, 1.165) is 5.56 Å². The molecule has 2 aromatic rings. The number of halogens is 2. The van der Waals surface area contributed by atoms with Gasteiger partial charge < -0.3 is 4.90 Å². The molecule has 0 aliphatic carbocycles. The van der Waals surface area contributed by atoms with Crippen LogP contribution in [0.15, 0.2) is 42.5 Å². The summed E-state index contributed by atoms with van der Waals surface area (Å²) >= 11 is 12.3. The highest BCUT2D eigenvalue weighted by Gasteiger charge is 2.48. The van der Waals surface area contributed by atoms with Gasteiger partial charge in [-0.3, -0.25) is 4.79 Å². The molecule has 0 bridgehead atoms. The van der Waals surface area contributed by atoms with Gasteiger partial charge in [-0.2, -0.15) is 0 Å². The predicted molar refractivity (Wildman–Crippen MR) is 87.8 cm³/mol. The first-order valence-corrected chi connectivity index (χ1v) is 7.95. The van der Waals surface area contributed by atoms with Crippen molar-refractivity contribution in [3.63, 3.8) is 0 Å². The Balaban J connectivity index is 1.84. The van der Waals surface area contributed by atoms with Crippen molar-refractivity contribution in [1.82, 2.24) is 4.90 Å². The van der Waals surface area contributed by atoms with Gasteiger partial charge in [0.1, 0.15) is 4.87 Å². The minimum atomic E-state index is -0.876. The lowest BCUT2D eigenvalue weighted by atomic mass is 9.99. The van der Waals surface area contributed by atoms with Crippen LogP contribution in [0.4, 0.5) is 0 Å². The first-order chi connectivity index (χ1) is 10.0. The van der Waals surface area contributed by atoms with E-state index in [-0.39, 0.29) is 11.8 Å². The van der Waals surface area contributed by atoms with Crippen LogP contribution < -0.4 is 0 Å². The van der Waals surface area contributed by atoms with Gasteiger partial charge in [0.2, 0.25) is 5.91 Å². The Kier molecular flexibility index (Phi) is 3.85. The van der Waals surface area contributed by atoms with Gasteiger partial charge in [0.05, 0.1) is 0 Å². The SMILES string of the molecule is C[C@@]1(Cl)C(=O)N(Cc2ccc3ccccc3c2)C[C@@H]1CCl. The number of hydrogen-bond donors (Lipinski definition) is 0. The van der Waals surface area contributed by atoms with Crippen LogP contribution in [0.3, 0.4) is 0 Å². The van der Waals surface area contributed by atoms with Crippen LogP contribution in [0.25, 0.3) is 10.8 Å². The highest BCUT2D eigenvalue weighted by atomic mass is 35.5. The summed E-state index contributed by atoms with van der Waals surface area (Å²) in [5.41, 5.74) is 1.12. The van der Waals surface area contributed by atoms with E-state index in [0.29, 0.717) is 19.0 Å². The van der Waals surface area contributed by atoms with E-state index >= 15 is 0 Å². The Hall–Kier alpha value is -1.25. The van der Waals surface area contributed by atoms with Crippen molar-refractivity contribution in [3.8, 4) is 0 Å². The third-order valence-electron chi connectivity index (χ3n) is 4.29. The van der Waals surface area contributed by atoms with Crippen LogP contribution >= 0.6 is 23.2 Å². The Morgan fingerprint density at radius 2 is 1.95 bits per heavy atom. The van der Waals surface area contributed by atoms with Crippen molar-refractivity contribution in [3.05, 3.63) is 48.0 Å². The summed E-state index contributed by atoms with van der Waals surface area (Å²) in [6.07, 6.45) is 0. The monoisotopic (exact) mass is 321 g/mol. The maximum absolute atomic E-state index is 12.4. The van der Waals surface area contributed by atoms with Gasteiger partial charge in [0.25, 0.3) is 0 Å². The lowest BCUT2D eigenvalue weighted by Crippen LogP contribution is -2.35. The zero-order valence-corrected chi connectivity index (χ0v) is 13.4. The van der Waals surface area contributed by atoms with Gasteiger partial charge in [0, 0.05) is 24.9 Å². The topological polar surface area (TPSA) is 20.3 Å². The summed E-state index contributed by atoms with van der Waals surface area (Å²) in [6, 6.07) is 14.5. The Morgan fingerprint density at radius 1 is 1.24 bits per heavy atom. The Bertz CT molecular complexity index is 683. The quantitative estimate of drug-likeness (QED) is 0.781. The minimum Gasteiger partial charge on any atom is -0.336 e. The largest absolute Gasteiger partial charge is 0.336 e. The van der Waals surface area contributed by atoms with Crippen molar-refractivity contribution in [2.24, 2.45) is 5.92 Å². The van der Waals surface area contributed by atoms with Crippen molar-refractivity contribution in [1.29, 1.82) is 0 Å². The fraction of sp³-hybridized carbons (Fsp3) is 0.353. The molecular weight excluding hydrogens is 305 g/mol. The molecule has 0 unspecified atom stereocenters. The molecule has 21 heavy (non-hydrogen) atoms. The molecule has 1 saturated heterocycles. The molecule has 1 aliphatic rings. The third-order valence-corrected chi connectivity index (χ3v) is 5.13. The van der Waals surface area contributed by atoms with Gasteiger partial charge >= 0.3 is 0 Å². The summed E-state index contributed by atoms with van der Waals surface area (Å²) in [5, 5.41) is 2.39. The number of amides is 1. The molecule has 1 amide bonds. The molecule has 2 atom stereocenters. The molecule has 0 radical (unpaired) electrons. The molecule has 0 aromatic heterocycles. The number of likely N-dealkylation sites (tertiary alicyclic amines) is 1. The molecule has 4 heteroatoms. The van der Waals surface area contributed by atoms with E-state index in [9.17, 15) is 4.79 Å². The molecule has 3 rings (SSSR count). The molecule has 0 spiro atoms. The summed E-state index contributed by atoms with van der Waals surface area (Å²) in [4.78, 5) is 13.3. The molecule has 1 fully saturated rings. The maximum atomic E-state index is 12.4. The number of nitrogens with zero attached hydrogens (tertiary/aromatic N) is 1. The maximum Gasteiger partial charge on any atom is 0.244 e. The van der Waals surface area contributed by atoms with Crippen LogP contribution in [0.5, 0.6) is 0 Å². The number of benzene rings is 2. The Morgan fingerprint density at radius 3 is 2.62 bits per heavy atom. The number of carbonyl (C=O) groups excluding carboxylic acids is 1. The summed E-state index contributed by atoms with van der Waals surface area (Å²) in [6.45, 7) is 2.97. The number of carbonyl (C=O) groups is 1. The van der Waals surface area contributed by atoms with Crippen LogP contribution in [-0.2, 0) is 11.3 Å². The van der Waals surface area contributed by atoms with Gasteiger partial charge in [0.15, 0.2) is 0 Å². The van der Waals surface area contributed by atoms with E-state index in [1.165, 1.54) is 10.8 Å². The van der Waals surface area contributed by atoms with E-state index in [2.05, 4.69) is 30.3 Å². The standard InChI is InChI=1S/C17H17Cl2NO/c1-17(19)15(9-18)11-20(16(17)21)10-12-6-7-13-4-2-3-5-14(13)8-12/h2-8,15H,9-11H2,1H3/t15-,17-/m0/s1. The van der Waals surface area contributed by atoms with Gasteiger partial charge in [-0.05, 0) is 29.3 Å². The normalized spacial score (nSPS) is 25.8. The molecule has 1 aliphatic heterocycles. The van der Waals surface area contributed by atoms with Gasteiger partial charge in [-0.25, -0.2) is 0 Å². The molecule has 0 N–H and O–H groups in total. The average molecular weight is 322 g/mol.